The summed E-state index contributed by atoms with van der Waals surface area (Å²) in [5.41, 5.74) is 3.56. The molecule has 0 radical (unpaired) electrons. The average molecular weight is 314 g/mol. The van der Waals surface area contributed by atoms with Crippen LogP contribution in [-0.4, -0.2) is 22.8 Å². The topological polar surface area (TPSA) is 63.5 Å². The SMILES string of the molecule is COc1ccc(Cn2ccc3ccc(C(=O)NO)cc32)cc1F. The van der Waals surface area contributed by atoms with E-state index in [9.17, 15) is 9.18 Å². The number of benzene rings is 2. The number of amides is 1. The molecule has 2 N–H and O–H groups in total. The minimum absolute atomic E-state index is 0.202. The first kappa shape index (κ1) is 15.1. The maximum Gasteiger partial charge on any atom is 0.274 e. The summed E-state index contributed by atoms with van der Waals surface area (Å²) in [6, 6.07) is 11.8. The molecule has 1 amide bonds. The summed E-state index contributed by atoms with van der Waals surface area (Å²) in [4.78, 5) is 11.5. The Bertz CT molecular complexity index is 873. The lowest BCUT2D eigenvalue weighted by Crippen LogP contribution is -2.18. The van der Waals surface area contributed by atoms with Gasteiger partial charge in [0.1, 0.15) is 0 Å². The van der Waals surface area contributed by atoms with Crippen LogP contribution in [0, 0.1) is 5.82 Å². The van der Waals surface area contributed by atoms with Crippen LogP contribution in [0.4, 0.5) is 4.39 Å². The fourth-order valence-electron chi connectivity index (χ4n) is 2.53. The van der Waals surface area contributed by atoms with Crippen LogP contribution in [0.15, 0.2) is 48.7 Å². The van der Waals surface area contributed by atoms with Crippen LogP contribution >= 0.6 is 0 Å². The molecule has 0 unspecified atom stereocenters. The van der Waals surface area contributed by atoms with E-state index in [4.69, 9.17) is 9.94 Å². The number of aromatic nitrogens is 1. The van der Waals surface area contributed by atoms with Gasteiger partial charge >= 0.3 is 0 Å². The number of hydroxylamine groups is 1. The van der Waals surface area contributed by atoms with Crippen molar-refractivity contribution in [3.8, 4) is 5.75 Å². The van der Waals surface area contributed by atoms with Crippen molar-refractivity contribution >= 4 is 16.8 Å². The van der Waals surface area contributed by atoms with Crippen molar-refractivity contribution in [2.75, 3.05) is 7.11 Å². The highest BCUT2D eigenvalue weighted by atomic mass is 19.1. The van der Waals surface area contributed by atoms with Gasteiger partial charge in [-0.2, -0.15) is 0 Å². The molecule has 3 rings (SSSR count). The zero-order valence-corrected chi connectivity index (χ0v) is 12.4. The number of hydrogen-bond acceptors (Lipinski definition) is 3. The Morgan fingerprint density at radius 1 is 1.26 bits per heavy atom. The van der Waals surface area contributed by atoms with Gasteiger partial charge in [0.25, 0.3) is 5.91 Å². The first-order valence-electron chi connectivity index (χ1n) is 6.98. The Kier molecular flexibility index (Phi) is 3.99. The Labute approximate surface area is 131 Å². The van der Waals surface area contributed by atoms with Gasteiger partial charge in [-0.25, -0.2) is 9.87 Å². The number of methoxy groups -OCH3 is 1. The largest absolute Gasteiger partial charge is 0.494 e. The van der Waals surface area contributed by atoms with Crippen molar-refractivity contribution in [3.05, 3.63) is 65.6 Å². The second-order valence-corrected chi connectivity index (χ2v) is 5.13. The first-order chi connectivity index (χ1) is 11.1. The fourth-order valence-corrected chi connectivity index (χ4v) is 2.53. The van der Waals surface area contributed by atoms with Gasteiger partial charge in [-0.1, -0.05) is 12.1 Å². The molecule has 6 heteroatoms. The lowest BCUT2D eigenvalue weighted by Gasteiger charge is -2.08. The van der Waals surface area contributed by atoms with Gasteiger partial charge < -0.3 is 9.30 Å². The van der Waals surface area contributed by atoms with Gasteiger partial charge in [0, 0.05) is 23.8 Å². The molecule has 2 aromatic carbocycles. The van der Waals surface area contributed by atoms with E-state index < -0.39 is 11.7 Å². The van der Waals surface area contributed by atoms with Crippen molar-refractivity contribution in [2.45, 2.75) is 6.54 Å². The third-order valence-corrected chi connectivity index (χ3v) is 3.71. The molecule has 1 aromatic heterocycles. The quantitative estimate of drug-likeness (QED) is 0.575. The zero-order chi connectivity index (χ0) is 16.4. The summed E-state index contributed by atoms with van der Waals surface area (Å²) < 4.78 is 20.6. The first-order valence-corrected chi connectivity index (χ1v) is 6.98. The second-order valence-electron chi connectivity index (χ2n) is 5.13. The van der Waals surface area contributed by atoms with E-state index in [2.05, 4.69) is 0 Å². The third kappa shape index (κ3) is 2.89. The van der Waals surface area contributed by atoms with Crippen LogP contribution in [0.1, 0.15) is 15.9 Å². The molecule has 0 saturated heterocycles. The molecule has 0 aliphatic heterocycles. The highest BCUT2D eigenvalue weighted by Gasteiger charge is 2.09. The standard InChI is InChI=1S/C17H15FN2O3/c1-23-16-5-2-11(8-14(16)18)10-20-7-6-12-3-4-13(9-15(12)20)17(21)19-22/h2-9,22H,10H2,1H3,(H,19,21). The lowest BCUT2D eigenvalue weighted by atomic mass is 10.1. The normalized spacial score (nSPS) is 10.7. The molecule has 0 spiro atoms. The zero-order valence-electron chi connectivity index (χ0n) is 12.4. The summed E-state index contributed by atoms with van der Waals surface area (Å²) in [5.74, 6) is -0.787. The van der Waals surface area contributed by atoms with Crippen LogP contribution in [0.25, 0.3) is 10.9 Å². The predicted octanol–water partition coefficient (Wildman–Crippen LogP) is 2.96. The molecule has 0 fully saturated rings. The second kappa shape index (κ2) is 6.10. The number of ether oxygens (including phenoxy) is 1. The Balaban J connectivity index is 1.96. The molecule has 0 aliphatic carbocycles. The number of nitrogens with one attached hydrogen (secondary N) is 1. The molecule has 0 atom stereocenters. The van der Waals surface area contributed by atoms with E-state index in [1.165, 1.54) is 13.2 Å². The maximum absolute atomic E-state index is 13.8. The Morgan fingerprint density at radius 3 is 2.78 bits per heavy atom. The minimum atomic E-state index is -0.574. The number of carbonyl (C=O) groups excluding carboxylic acids is 1. The summed E-state index contributed by atoms with van der Waals surface area (Å²) in [5, 5.41) is 9.69. The van der Waals surface area contributed by atoms with Crippen LogP contribution in [0.5, 0.6) is 5.75 Å². The fraction of sp³-hybridized carbons (Fsp3) is 0.118. The van der Waals surface area contributed by atoms with Crippen LogP contribution < -0.4 is 10.2 Å². The summed E-state index contributed by atoms with van der Waals surface area (Å²) >= 11 is 0. The monoisotopic (exact) mass is 314 g/mol. The maximum atomic E-state index is 13.8. The highest BCUT2D eigenvalue weighted by molar-refractivity contribution is 5.97. The van der Waals surface area contributed by atoms with E-state index in [-0.39, 0.29) is 5.75 Å². The smallest absolute Gasteiger partial charge is 0.274 e. The molecule has 118 valence electrons. The lowest BCUT2D eigenvalue weighted by molar-refractivity contribution is 0.0706. The van der Waals surface area contributed by atoms with Gasteiger partial charge in [-0.15, -0.1) is 0 Å². The van der Waals surface area contributed by atoms with Crippen molar-refractivity contribution in [3.63, 3.8) is 0 Å². The Hall–Kier alpha value is -2.86. The Morgan fingerprint density at radius 2 is 2.09 bits per heavy atom. The van der Waals surface area contributed by atoms with Crippen LogP contribution in [0.3, 0.4) is 0 Å². The molecular formula is C17H15FN2O3. The van der Waals surface area contributed by atoms with E-state index in [1.807, 2.05) is 16.8 Å². The summed E-state index contributed by atoms with van der Waals surface area (Å²) in [7, 11) is 1.42. The van der Waals surface area contributed by atoms with E-state index >= 15 is 0 Å². The average Bonchev–Trinajstić information content (AvgIpc) is 2.96. The number of nitrogens with zero attached hydrogens (tertiary/aromatic N) is 1. The number of rotatable bonds is 4. The third-order valence-electron chi connectivity index (χ3n) is 3.71. The van der Waals surface area contributed by atoms with Gasteiger partial charge in [0.15, 0.2) is 11.6 Å². The van der Waals surface area contributed by atoms with Crippen LogP contribution in [0.2, 0.25) is 0 Å². The van der Waals surface area contributed by atoms with Gasteiger partial charge in [0.2, 0.25) is 0 Å². The molecule has 5 nitrogen and oxygen atoms in total. The number of carbonyl (C=O) groups is 1. The van der Waals surface area contributed by atoms with Crippen molar-refractivity contribution in [1.29, 1.82) is 0 Å². The molecule has 1 heterocycles. The van der Waals surface area contributed by atoms with Gasteiger partial charge in [-0.05, 0) is 41.3 Å². The van der Waals surface area contributed by atoms with Gasteiger partial charge in [-0.3, -0.25) is 10.0 Å². The number of halogens is 1. The minimum Gasteiger partial charge on any atom is -0.494 e. The van der Waals surface area contributed by atoms with Crippen molar-refractivity contribution in [2.24, 2.45) is 0 Å². The molecule has 0 aliphatic rings. The van der Waals surface area contributed by atoms with Crippen LogP contribution in [-0.2, 0) is 6.54 Å². The molecule has 3 aromatic rings. The molecule has 23 heavy (non-hydrogen) atoms. The predicted molar refractivity (Wildman–Crippen MR) is 83.2 cm³/mol. The van der Waals surface area contributed by atoms with E-state index in [0.717, 1.165) is 16.5 Å². The van der Waals surface area contributed by atoms with Crippen molar-refractivity contribution in [1.82, 2.24) is 10.0 Å². The summed E-state index contributed by atoms with van der Waals surface area (Å²) in [6.45, 7) is 0.453. The number of fused-ring (bicyclic) bond motifs is 1. The van der Waals surface area contributed by atoms with E-state index in [1.54, 1.807) is 35.8 Å². The van der Waals surface area contributed by atoms with Crippen molar-refractivity contribution < 1.29 is 19.1 Å². The highest BCUT2D eigenvalue weighted by Crippen LogP contribution is 2.22. The van der Waals surface area contributed by atoms with E-state index in [0.29, 0.717) is 12.1 Å². The summed E-state index contributed by atoms with van der Waals surface area (Å²) in [6.07, 6.45) is 1.87. The molecule has 0 bridgehead atoms. The molecule has 0 saturated carbocycles. The molecular weight excluding hydrogens is 299 g/mol. The number of hydrogen-bond donors (Lipinski definition) is 2. The van der Waals surface area contributed by atoms with Gasteiger partial charge in [0.05, 0.1) is 7.11 Å².